The highest BCUT2D eigenvalue weighted by Gasteiger charge is 2.38. The van der Waals surface area contributed by atoms with Crippen molar-refractivity contribution in [3.05, 3.63) is 82.4 Å². The van der Waals surface area contributed by atoms with Gasteiger partial charge in [0, 0.05) is 54.1 Å². The molecule has 1 fully saturated rings. The number of rotatable bonds is 8. The predicted molar refractivity (Wildman–Crippen MR) is 149 cm³/mol. The van der Waals surface area contributed by atoms with E-state index < -0.39 is 17.6 Å². The van der Waals surface area contributed by atoms with E-state index in [0.29, 0.717) is 19.6 Å². The topological polar surface area (TPSA) is 58.8 Å². The highest BCUT2D eigenvalue weighted by molar-refractivity contribution is 6.30. The van der Waals surface area contributed by atoms with Crippen LogP contribution in [0.15, 0.2) is 60.7 Å². The molecular weight excluding hydrogens is 527 g/mol. The fourth-order valence-electron chi connectivity index (χ4n) is 5.11. The number of halogens is 4. The maximum absolute atomic E-state index is 13.7. The summed E-state index contributed by atoms with van der Waals surface area (Å²) >= 11 is 5.82. The number of alkyl halides is 3. The van der Waals surface area contributed by atoms with Crippen LogP contribution >= 0.6 is 11.6 Å². The molecule has 0 aliphatic carbocycles. The van der Waals surface area contributed by atoms with E-state index in [0.717, 1.165) is 46.7 Å². The normalized spacial score (nSPS) is 15.9. The Balaban J connectivity index is 1.66. The summed E-state index contributed by atoms with van der Waals surface area (Å²) in [6.45, 7) is 5.84. The van der Waals surface area contributed by atoms with Crippen molar-refractivity contribution in [1.82, 2.24) is 4.90 Å². The molecule has 9 heteroatoms. The van der Waals surface area contributed by atoms with Crippen LogP contribution in [-0.2, 0) is 12.7 Å². The quantitative estimate of drug-likeness (QED) is 0.322. The number of hydrogen-bond acceptors (Lipinski definition) is 4. The van der Waals surface area contributed by atoms with Gasteiger partial charge in [-0.05, 0) is 48.7 Å². The molecule has 0 spiro atoms. The van der Waals surface area contributed by atoms with Crippen molar-refractivity contribution in [2.24, 2.45) is 5.73 Å². The lowest BCUT2D eigenvalue weighted by Gasteiger charge is -2.43. The standard InChI is InChI=1S/C30H33ClF3N3O2/c1-3-16-39-28-23(20-8-6-5-7-9-20)12-13-27(25(28)18-35)37-15-14-36(19-22(37)4-2)29(38)24-11-10-21(31)17-26(24)30(32,33)34/h5-13,17,22H,3-4,14-16,18-19,35H2,1-2H3/t22-/m1/s1. The fourth-order valence-corrected chi connectivity index (χ4v) is 5.28. The number of anilines is 1. The van der Waals surface area contributed by atoms with Crippen LogP contribution in [0.2, 0.25) is 5.02 Å². The summed E-state index contributed by atoms with van der Waals surface area (Å²) in [5, 5.41) is -0.0653. The minimum atomic E-state index is -4.69. The van der Waals surface area contributed by atoms with E-state index in [1.165, 1.54) is 11.0 Å². The monoisotopic (exact) mass is 559 g/mol. The molecule has 0 saturated carbocycles. The van der Waals surface area contributed by atoms with E-state index in [1.807, 2.05) is 56.3 Å². The molecule has 0 radical (unpaired) electrons. The molecule has 2 N–H and O–H groups in total. The molecule has 0 bridgehead atoms. The van der Waals surface area contributed by atoms with Crippen molar-refractivity contribution < 1.29 is 22.7 Å². The molecule has 1 atom stereocenters. The van der Waals surface area contributed by atoms with E-state index in [4.69, 9.17) is 22.1 Å². The molecule has 0 unspecified atom stereocenters. The molecule has 1 aliphatic rings. The van der Waals surface area contributed by atoms with Crippen molar-refractivity contribution in [2.75, 3.05) is 31.1 Å². The van der Waals surface area contributed by atoms with Crippen LogP contribution in [0, 0.1) is 0 Å². The van der Waals surface area contributed by atoms with Gasteiger partial charge < -0.3 is 20.3 Å². The first-order chi connectivity index (χ1) is 18.7. The smallest absolute Gasteiger partial charge is 0.417 e. The second-order valence-electron chi connectivity index (χ2n) is 9.55. The number of carbonyl (C=O) groups excluding carboxylic acids is 1. The average Bonchev–Trinajstić information content (AvgIpc) is 2.94. The van der Waals surface area contributed by atoms with Gasteiger partial charge in [-0.3, -0.25) is 4.79 Å². The number of ether oxygens (including phenoxy) is 1. The minimum Gasteiger partial charge on any atom is -0.493 e. The number of benzene rings is 3. The Kier molecular flexibility index (Phi) is 9.08. The molecule has 39 heavy (non-hydrogen) atoms. The largest absolute Gasteiger partial charge is 0.493 e. The summed E-state index contributed by atoms with van der Waals surface area (Å²) in [6, 6.07) is 17.2. The fraction of sp³-hybridized carbons (Fsp3) is 0.367. The molecule has 1 saturated heterocycles. The lowest BCUT2D eigenvalue weighted by molar-refractivity contribution is -0.138. The van der Waals surface area contributed by atoms with Crippen LogP contribution in [0.3, 0.4) is 0 Å². The van der Waals surface area contributed by atoms with Gasteiger partial charge in [0.2, 0.25) is 0 Å². The van der Waals surface area contributed by atoms with E-state index in [-0.39, 0.29) is 36.3 Å². The van der Waals surface area contributed by atoms with E-state index >= 15 is 0 Å². The van der Waals surface area contributed by atoms with Gasteiger partial charge >= 0.3 is 6.18 Å². The van der Waals surface area contributed by atoms with E-state index in [9.17, 15) is 18.0 Å². The molecule has 4 rings (SSSR count). The third kappa shape index (κ3) is 6.17. The van der Waals surface area contributed by atoms with Crippen LogP contribution in [0.25, 0.3) is 11.1 Å². The molecule has 1 amide bonds. The summed E-state index contributed by atoms with van der Waals surface area (Å²) in [5.41, 5.74) is 8.67. The van der Waals surface area contributed by atoms with E-state index in [1.54, 1.807) is 0 Å². The highest BCUT2D eigenvalue weighted by atomic mass is 35.5. The molecule has 208 valence electrons. The lowest BCUT2D eigenvalue weighted by Crippen LogP contribution is -2.55. The molecule has 3 aromatic carbocycles. The first kappa shape index (κ1) is 28.8. The molecule has 3 aromatic rings. The first-order valence-corrected chi connectivity index (χ1v) is 13.5. The van der Waals surface area contributed by atoms with Gasteiger partial charge in [0.1, 0.15) is 5.75 Å². The van der Waals surface area contributed by atoms with Crippen molar-refractivity contribution >= 4 is 23.2 Å². The van der Waals surface area contributed by atoms with Crippen LogP contribution in [0.5, 0.6) is 5.75 Å². The maximum atomic E-state index is 13.7. The first-order valence-electron chi connectivity index (χ1n) is 13.2. The second kappa shape index (κ2) is 12.3. The van der Waals surface area contributed by atoms with Gasteiger partial charge in [0.25, 0.3) is 5.91 Å². The minimum absolute atomic E-state index is 0.0653. The van der Waals surface area contributed by atoms with Gasteiger partial charge in [-0.15, -0.1) is 0 Å². The highest BCUT2D eigenvalue weighted by Crippen LogP contribution is 2.40. The third-order valence-electron chi connectivity index (χ3n) is 7.04. The number of hydrogen-bond donors (Lipinski definition) is 1. The SMILES string of the molecule is CCCOc1c(-c2ccccc2)ccc(N2CCN(C(=O)c3ccc(Cl)cc3C(F)(F)F)C[C@H]2CC)c1CN. The Morgan fingerprint density at radius 1 is 1.08 bits per heavy atom. The summed E-state index contributed by atoms with van der Waals surface area (Å²) in [4.78, 5) is 17.0. The van der Waals surface area contributed by atoms with Crippen LogP contribution in [0.1, 0.15) is 48.2 Å². The summed E-state index contributed by atoms with van der Waals surface area (Å²) in [5.74, 6) is 0.0925. The number of nitrogens with two attached hydrogens (primary N) is 1. The van der Waals surface area contributed by atoms with E-state index in [2.05, 4.69) is 4.90 Å². The lowest BCUT2D eigenvalue weighted by atomic mass is 9.97. The zero-order valence-corrected chi connectivity index (χ0v) is 22.9. The second-order valence-corrected chi connectivity index (χ2v) is 9.99. The van der Waals surface area contributed by atoms with Crippen molar-refractivity contribution in [1.29, 1.82) is 0 Å². The van der Waals surface area contributed by atoms with Crippen molar-refractivity contribution in [3.8, 4) is 16.9 Å². The molecule has 5 nitrogen and oxygen atoms in total. The number of nitrogens with zero attached hydrogens (tertiary/aromatic N) is 2. The average molecular weight is 560 g/mol. The molecule has 1 heterocycles. The Morgan fingerprint density at radius 2 is 1.82 bits per heavy atom. The zero-order chi connectivity index (χ0) is 28.2. The van der Waals surface area contributed by atoms with Gasteiger partial charge in [-0.2, -0.15) is 13.2 Å². The number of piperazine rings is 1. The third-order valence-corrected chi connectivity index (χ3v) is 7.28. The Bertz CT molecular complexity index is 1300. The summed E-state index contributed by atoms with van der Waals surface area (Å²) in [6.07, 6.45) is -3.16. The molecular formula is C30H33ClF3N3O2. The Morgan fingerprint density at radius 3 is 2.46 bits per heavy atom. The Hall–Kier alpha value is -3.23. The van der Waals surface area contributed by atoms with Crippen molar-refractivity contribution in [2.45, 2.75) is 45.5 Å². The predicted octanol–water partition coefficient (Wildman–Crippen LogP) is 7.01. The number of carbonyl (C=O) groups is 1. The van der Waals surface area contributed by atoms with Gasteiger partial charge in [0.05, 0.1) is 17.7 Å². The van der Waals surface area contributed by atoms with Crippen LogP contribution in [-0.4, -0.2) is 43.1 Å². The summed E-state index contributed by atoms with van der Waals surface area (Å²) < 4.78 is 47.3. The number of amides is 1. The summed E-state index contributed by atoms with van der Waals surface area (Å²) in [7, 11) is 0. The molecule has 0 aromatic heterocycles. The van der Waals surface area contributed by atoms with Crippen molar-refractivity contribution in [3.63, 3.8) is 0 Å². The van der Waals surface area contributed by atoms with Gasteiger partial charge in [0.15, 0.2) is 0 Å². The van der Waals surface area contributed by atoms with Crippen LogP contribution < -0.4 is 15.4 Å². The zero-order valence-electron chi connectivity index (χ0n) is 22.1. The van der Waals surface area contributed by atoms with Crippen LogP contribution in [0.4, 0.5) is 18.9 Å². The van der Waals surface area contributed by atoms with Gasteiger partial charge in [-0.25, -0.2) is 0 Å². The van der Waals surface area contributed by atoms with Gasteiger partial charge in [-0.1, -0.05) is 55.8 Å². The molecule has 1 aliphatic heterocycles. The maximum Gasteiger partial charge on any atom is 0.417 e. The Labute approximate surface area is 232 Å².